The van der Waals surface area contributed by atoms with Crippen LogP contribution in [0.1, 0.15) is 12.5 Å². The van der Waals surface area contributed by atoms with Crippen LogP contribution in [-0.2, 0) is 15.6 Å². The van der Waals surface area contributed by atoms with E-state index in [-0.39, 0.29) is 23.0 Å². The maximum absolute atomic E-state index is 11.8. The molecule has 18 heavy (non-hydrogen) atoms. The van der Waals surface area contributed by atoms with E-state index in [2.05, 4.69) is 0 Å². The lowest BCUT2D eigenvalue weighted by atomic mass is 10.2. The lowest BCUT2D eigenvalue weighted by molar-refractivity contribution is -0.384. The SMILES string of the molecule is CC(CN)S(=O)(=O)Cc1ccc([N+](=O)[O-])cc1Cl. The molecule has 100 valence electrons. The van der Waals surface area contributed by atoms with Crippen LogP contribution in [0, 0.1) is 10.1 Å². The molecule has 8 heteroatoms. The van der Waals surface area contributed by atoms with Gasteiger partial charge in [0.1, 0.15) is 0 Å². The number of non-ortho nitro benzene ring substituents is 1. The second-order valence-electron chi connectivity index (χ2n) is 3.89. The fraction of sp³-hybridized carbons (Fsp3) is 0.400. The van der Waals surface area contributed by atoms with E-state index in [1.807, 2.05) is 0 Å². The number of nitro groups is 1. The number of hydrogen-bond acceptors (Lipinski definition) is 5. The van der Waals surface area contributed by atoms with E-state index in [1.165, 1.54) is 19.1 Å². The topological polar surface area (TPSA) is 103 Å². The highest BCUT2D eigenvalue weighted by molar-refractivity contribution is 7.91. The van der Waals surface area contributed by atoms with Crippen molar-refractivity contribution in [2.24, 2.45) is 5.73 Å². The smallest absolute Gasteiger partial charge is 0.270 e. The summed E-state index contributed by atoms with van der Waals surface area (Å²) in [4.78, 5) is 9.93. The summed E-state index contributed by atoms with van der Waals surface area (Å²) in [6.45, 7) is 1.53. The maximum Gasteiger partial charge on any atom is 0.270 e. The first-order valence-corrected chi connectivity index (χ1v) is 7.21. The fourth-order valence-corrected chi connectivity index (χ4v) is 2.86. The molecule has 0 radical (unpaired) electrons. The maximum atomic E-state index is 11.8. The van der Waals surface area contributed by atoms with Crippen molar-refractivity contribution in [3.05, 3.63) is 38.9 Å². The molecular weight excluding hydrogens is 280 g/mol. The molecular formula is C10H13ClN2O4S. The van der Waals surface area contributed by atoms with Crippen LogP contribution in [0.25, 0.3) is 0 Å². The Balaban J connectivity index is 3.03. The number of halogens is 1. The molecule has 0 aliphatic heterocycles. The average Bonchev–Trinajstić information content (AvgIpc) is 2.30. The Morgan fingerprint density at radius 3 is 2.56 bits per heavy atom. The molecule has 0 aromatic heterocycles. The van der Waals surface area contributed by atoms with Gasteiger partial charge in [-0.1, -0.05) is 11.6 Å². The number of nitrogens with zero attached hydrogens (tertiary/aromatic N) is 1. The van der Waals surface area contributed by atoms with E-state index in [4.69, 9.17) is 17.3 Å². The number of nitro benzene ring substituents is 1. The van der Waals surface area contributed by atoms with Crippen molar-refractivity contribution in [3.8, 4) is 0 Å². The Morgan fingerprint density at radius 1 is 1.50 bits per heavy atom. The molecule has 0 heterocycles. The molecule has 0 aliphatic carbocycles. The molecule has 0 amide bonds. The minimum absolute atomic E-state index is 0.0208. The number of benzene rings is 1. The van der Waals surface area contributed by atoms with Gasteiger partial charge in [-0.25, -0.2) is 8.42 Å². The average molecular weight is 293 g/mol. The van der Waals surface area contributed by atoms with Crippen LogP contribution < -0.4 is 5.73 Å². The first-order chi connectivity index (χ1) is 8.27. The van der Waals surface area contributed by atoms with Crippen LogP contribution >= 0.6 is 11.6 Å². The highest BCUT2D eigenvalue weighted by atomic mass is 35.5. The zero-order chi connectivity index (χ0) is 13.9. The zero-order valence-corrected chi connectivity index (χ0v) is 11.2. The molecule has 0 fully saturated rings. The summed E-state index contributed by atoms with van der Waals surface area (Å²) < 4.78 is 23.7. The van der Waals surface area contributed by atoms with E-state index in [0.29, 0.717) is 5.56 Å². The summed E-state index contributed by atoms with van der Waals surface area (Å²) in [5.74, 6) is -0.276. The molecule has 2 N–H and O–H groups in total. The molecule has 6 nitrogen and oxygen atoms in total. The predicted octanol–water partition coefficient (Wildman–Crippen LogP) is 1.51. The summed E-state index contributed by atoms with van der Waals surface area (Å²) in [7, 11) is -3.40. The lowest BCUT2D eigenvalue weighted by Crippen LogP contribution is -2.27. The van der Waals surface area contributed by atoms with Gasteiger partial charge in [0, 0.05) is 18.7 Å². The normalized spacial score (nSPS) is 13.3. The molecule has 1 aromatic rings. The predicted molar refractivity (Wildman–Crippen MR) is 69.2 cm³/mol. The summed E-state index contributed by atoms with van der Waals surface area (Å²) in [5, 5.41) is 9.91. The van der Waals surface area contributed by atoms with Crippen molar-refractivity contribution in [1.82, 2.24) is 0 Å². The summed E-state index contributed by atoms with van der Waals surface area (Å²) in [5.41, 5.74) is 5.47. The van der Waals surface area contributed by atoms with Gasteiger partial charge in [0.2, 0.25) is 0 Å². The second-order valence-corrected chi connectivity index (χ2v) is 6.71. The molecule has 0 aliphatic rings. The van der Waals surface area contributed by atoms with Crippen LogP contribution in [-0.4, -0.2) is 25.1 Å². The van der Waals surface area contributed by atoms with Gasteiger partial charge in [-0.05, 0) is 18.6 Å². The van der Waals surface area contributed by atoms with Gasteiger partial charge < -0.3 is 5.73 Å². The van der Waals surface area contributed by atoms with E-state index >= 15 is 0 Å². The van der Waals surface area contributed by atoms with Crippen molar-refractivity contribution in [3.63, 3.8) is 0 Å². The van der Waals surface area contributed by atoms with E-state index in [0.717, 1.165) is 6.07 Å². The van der Waals surface area contributed by atoms with E-state index in [1.54, 1.807) is 0 Å². The third kappa shape index (κ3) is 3.41. The molecule has 1 rings (SSSR count). The van der Waals surface area contributed by atoms with Crippen molar-refractivity contribution >= 4 is 27.1 Å². The second kappa shape index (κ2) is 5.64. The van der Waals surface area contributed by atoms with Gasteiger partial charge >= 0.3 is 0 Å². The Morgan fingerprint density at radius 2 is 2.11 bits per heavy atom. The Hall–Kier alpha value is -1.18. The Kier molecular flexibility index (Phi) is 4.66. The number of rotatable bonds is 5. The van der Waals surface area contributed by atoms with Gasteiger partial charge in [-0.15, -0.1) is 0 Å². The van der Waals surface area contributed by atoms with Crippen molar-refractivity contribution in [2.45, 2.75) is 17.9 Å². The van der Waals surface area contributed by atoms with Crippen LogP contribution in [0.5, 0.6) is 0 Å². The van der Waals surface area contributed by atoms with Crippen LogP contribution in [0.15, 0.2) is 18.2 Å². The molecule has 1 unspecified atom stereocenters. The summed E-state index contributed by atoms with van der Waals surface area (Å²) in [6, 6.07) is 3.71. The zero-order valence-electron chi connectivity index (χ0n) is 9.67. The van der Waals surface area contributed by atoms with Gasteiger partial charge in [-0.2, -0.15) is 0 Å². The van der Waals surface area contributed by atoms with Crippen LogP contribution in [0.2, 0.25) is 5.02 Å². The molecule has 0 saturated carbocycles. The molecule has 0 bridgehead atoms. The molecule has 0 saturated heterocycles. The highest BCUT2D eigenvalue weighted by Gasteiger charge is 2.22. The van der Waals surface area contributed by atoms with Crippen molar-refractivity contribution < 1.29 is 13.3 Å². The molecule has 0 spiro atoms. The fourth-order valence-electron chi connectivity index (χ4n) is 1.27. The first-order valence-electron chi connectivity index (χ1n) is 5.12. The quantitative estimate of drug-likeness (QED) is 0.654. The standard InChI is InChI=1S/C10H13ClN2O4S/c1-7(5-12)18(16,17)6-8-2-3-9(13(14)15)4-10(8)11/h2-4,7H,5-6,12H2,1H3. The van der Waals surface area contributed by atoms with Gasteiger partial charge in [0.25, 0.3) is 5.69 Å². The minimum Gasteiger partial charge on any atom is -0.329 e. The Labute approximate surface area is 110 Å². The van der Waals surface area contributed by atoms with Gasteiger partial charge in [0.05, 0.1) is 20.9 Å². The van der Waals surface area contributed by atoms with Crippen LogP contribution in [0.3, 0.4) is 0 Å². The van der Waals surface area contributed by atoms with Crippen molar-refractivity contribution in [2.75, 3.05) is 6.54 Å². The number of hydrogen-bond donors (Lipinski definition) is 1. The largest absolute Gasteiger partial charge is 0.329 e. The third-order valence-corrected chi connectivity index (χ3v) is 5.03. The highest BCUT2D eigenvalue weighted by Crippen LogP contribution is 2.24. The molecule has 1 aromatic carbocycles. The lowest BCUT2D eigenvalue weighted by Gasteiger charge is -2.11. The number of sulfone groups is 1. The minimum atomic E-state index is -3.40. The first kappa shape index (κ1) is 14.9. The van der Waals surface area contributed by atoms with Crippen molar-refractivity contribution in [1.29, 1.82) is 0 Å². The third-order valence-electron chi connectivity index (χ3n) is 2.55. The van der Waals surface area contributed by atoms with Gasteiger partial charge in [0.15, 0.2) is 9.84 Å². The van der Waals surface area contributed by atoms with E-state index < -0.39 is 20.0 Å². The van der Waals surface area contributed by atoms with Crippen LogP contribution in [0.4, 0.5) is 5.69 Å². The number of nitrogens with two attached hydrogens (primary N) is 1. The monoisotopic (exact) mass is 292 g/mol. The Bertz CT molecular complexity index is 559. The summed E-state index contributed by atoms with van der Waals surface area (Å²) in [6.07, 6.45) is 0. The van der Waals surface area contributed by atoms with Gasteiger partial charge in [-0.3, -0.25) is 10.1 Å². The van der Waals surface area contributed by atoms with E-state index in [9.17, 15) is 18.5 Å². The molecule has 1 atom stereocenters. The summed E-state index contributed by atoms with van der Waals surface area (Å²) >= 11 is 5.83.